The highest BCUT2D eigenvalue weighted by molar-refractivity contribution is 7.21. The summed E-state index contributed by atoms with van der Waals surface area (Å²) in [6.07, 6.45) is 2.17. The second-order valence-electron chi connectivity index (χ2n) is 5.44. The quantitative estimate of drug-likeness (QED) is 0.916. The Labute approximate surface area is 128 Å². The zero-order valence-corrected chi connectivity index (χ0v) is 13.2. The summed E-state index contributed by atoms with van der Waals surface area (Å²) >= 11 is 1.55. The first-order valence-electron chi connectivity index (χ1n) is 7.28. The number of hydrogen-bond acceptors (Lipinski definition) is 4. The number of benzene rings is 1. The highest BCUT2D eigenvalue weighted by Gasteiger charge is 2.20. The van der Waals surface area contributed by atoms with E-state index < -0.39 is 0 Å². The number of amides is 1. The number of fused-ring (bicyclic) bond motifs is 1. The van der Waals surface area contributed by atoms with Gasteiger partial charge >= 0.3 is 0 Å². The molecule has 1 aliphatic heterocycles. The summed E-state index contributed by atoms with van der Waals surface area (Å²) in [5, 5.41) is 7.57. The van der Waals surface area contributed by atoms with Crippen molar-refractivity contribution in [2.24, 2.45) is 0 Å². The van der Waals surface area contributed by atoms with E-state index in [1.165, 1.54) is 0 Å². The lowest BCUT2D eigenvalue weighted by Gasteiger charge is -2.23. The Morgan fingerprint density at radius 1 is 1.48 bits per heavy atom. The summed E-state index contributed by atoms with van der Waals surface area (Å²) in [6.45, 7) is 3.92. The Morgan fingerprint density at radius 3 is 3.05 bits per heavy atom. The number of rotatable bonds is 3. The van der Waals surface area contributed by atoms with Crippen molar-refractivity contribution in [2.75, 3.05) is 20.2 Å². The van der Waals surface area contributed by atoms with Gasteiger partial charge in [-0.3, -0.25) is 4.79 Å². The standard InChI is InChI=1S/C16H20N2O2S/c1-10-13-8-12(20-2)5-6-14(13)21-15(10)16(19)18-11-4-3-7-17-9-11/h5-6,8,11,17H,3-4,7,9H2,1-2H3,(H,18,19). The zero-order valence-electron chi connectivity index (χ0n) is 12.4. The van der Waals surface area contributed by atoms with Crippen molar-refractivity contribution in [3.8, 4) is 5.75 Å². The summed E-state index contributed by atoms with van der Waals surface area (Å²) in [5.41, 5.74) is 1.04. The van der Waals surface area contributed by atoms with Crippen molar-refractivity contribution in [1.82, 2.24) is 10.6 Å². The van der Waals surface area contributed by atoms with Crippen LogP contribution in [0.25, 0.3) is 10.1 Å². The molecule has 0 spiro atoms. The van der Waals surface area contributed by atoms with Crippen molar-refractivity contribution < 1.29 is 9.53 Å². The van der Waals surface area contributed by atoms with Crippen molar-refractivity contribution in [2.45, 2.75) is 25.8 Å². The first kappa shape index (κ1) is 14.4. The van der Waals surface area contributed by atoms with Crippen LogP contribution in [0.15, 0.2) is 18.2 Å². The fraction of sp³-hybridized carbons (Fsp3) is 0.438. The minimum absolute atomic E-state index is 0.0429. The number of piperidine rings is 1. The van der Waals surface area contributed by atoms with Crippen LogP contribution in [0.4, 0.5) is 0 Å². The molecule has 1 atom stereocenters. The predicted octanol–water partition coefficient (Wildman–Crippen LogP) is 2.70. The number of methoxy groups -OCH3 is 1. The van der Waals surface area contributed by atoms with Gasteiger partial charge in [-0.2, -0.15) is 0 Å². The second-order valence-corrected chi connectivity index (χ2v) is 6.49. The lowest BCUT2D eigenvalue weighted by molar-refractivity contribution is 0.0934. The molecule has 2 aromatic rings. The maximum Gasteiger partial charge on any atom is 0.261 e. The van der Waals surface area contributed by atoms with Gasteiger partial charge in [-0.15, -0.1) is 11.3 Å². The van der Waals surface area contributed by atoms with E-state index in [1.54, 1.807) is 18.4 Å². The van der Waals surface area contributed by atoms with Crippen LogP contribution in [-0.2, 0) is 0 Å². The van der Waals surface area contributed by atoms with Gasteiger partial charge in [-0.25, -0.2) is 0 Å². The van der Waals surface area contributed by atoms with E-state index in [0.29, 0.717) is 0 Å². The number of carbonyl (C=O) groups excluding carboxylic acids is 1. The molecule has 0 aliphatic carbocycles. The van der Waals surface area contributed by atoms with Crippen molar-refractivity contribution >= 4 is 27.3 Å². The Kier molecular flexibility index (Phi) is 4.12. The normalized spacial score (nSPS) is 18.7. The number of nitrogens with one attached hydrogen (secondary N) is 2. The molecule has 1 fully saturated rings. The fourth-order valence-electron chi connectivity index (χ4n) is 2.77. The third-order valence-electron chi connectivity index (χ3n) is 3.98. The van der Waals surface area contributed by atoms with Gasteiger partial charge < -0.3 is 15.4 Å². The number of ether oxygens (including phenoxy) is 1. The molecule has 1 aromatic carbocycles. The third-order valence-corrected chi connectivity index (χ3v) is 5.25. The maximum atomic E-state index is 12.5. The number of aryl methyl sites for hydroxylation is 1. The first-order chi connectivity index (χ1) is 10.2. The van der Waals surface area contributed by atoms with Crippen LogP contribution >= 0.6 is 11.3 Å². The van der Waals surface area contributed by atoms with E-state index in [9.17, 15) is 4.79 Å². The van der Waals surface area contributed by atoms with E-state index >= 15 is 0 Å². The van der Waals surface area contributed by atoms with Crippen LogP contribution in [-0.4, -0.2) is 32.1 Å². The molecule has 21 heavy (non-hydrogen) atoms. The summed E-state index contributed by atoms with van der Waals surface area (Å²) in [7, 11) is 1.66. The fourth-order valence-corrected chi connectivity index (χ4v) is 3.86. The molecular formula is C16H20N2O2S. The minimum atomic E-state index is 0.0429. The summed E-state index contributed by atoms with van der Waals surface area (Å²) < 4.78 is 6.39. The van der Waals surface area contributed by atoms with Gasteiger partial charge in [-0.05, 0) is 55.5 Å². The summed E-state index contributed by atoms with van der Waals surface area (Å²) in [6, 6.07) is 6.20. The molecule has 1 aromatic heterocycles. The van der Waals surface area contributed by atoms with Crippen LogP contribution in [0.5, 0.6) is 5.75 Å². The Balaban J connectivity index is 1.85. The van der Waals surface area contributed by atoms with Crippen LogP contribution in [0.1, 0.15) is 28.1 Å². The summed E-state index contributed by atoms with van der Waals surface area (Å²) in [5.74, 6) is 0.869. The Hall–Kier alpha value is -1.59. The van der Waals surface area contributed by atoms with Gasteiger partial charge in [0.1, 0.15) is 5.75 Å². The van der Waals surface area contributed by atoms with Crippen molar-refractivity contribution in [1.29, 1.82) is 0 Å². The van der Waals surface area contributed by atoms with Crippen molar-refractivity contribution in [3.05, 3.63) is 28.6 Å². The molecular weight excluding hydrogens is 284 g/mol. The molecule has 2 heterocycles. The monoisotopic (exact) mass is 304 g/mol. The number of hydrogen-bond donors (Lipinski definition) is 2. The van der Waals surface area contributed by atoms with Gasteiger partial charge in [0, 0.05) is 17.3 Å². The van der Waals surface area contributed by atoms with E-state index in [2.05, 4.69) is 10.6 Å². The average Bonchev–Trinajstić information content (AvgIpc) is 2.85. The summed E-state index contributed by atoms with van der Waals surface area (Å²) in [4.78, 5) is 13.3. The van der Waals surface area contributed by atoms with E-state index in [0.717, 1.165) is 52.2 Å². The largest absolute Gasteiger partial charge is 0.497 e. The first-order valence-corrected chi connectivity index (χ1v) is 8.09. The van der Waals surface area contributed by atoms with Gasteiger partial charge in [-0.1, -0.05) is 0 Å². The van der Waals surface area contributed by atoms with Crippen LogP contribution in [0.3, 0.4) is 0 Å². The Morgan fingerprint density at radius 2 is 2.33 bits per heavy atom. The molecule has 1 saturated heterocycles. The van der Waals surface area contributed by atoms with Gasteiger partial charge in [0.2, 0.25) is 0 Å². The predicted molar refractivity (Wildman–Crippen MR) is 86.5 cm³/mol. The lowest BCUT2D eigenvalue weighted by Crippen LogP contribution is -2.45. The van der Waals surface area contributed by atoms with E-state index in [-0.39, 0.29) is 11.9 Å². The Bertz CT molecular complexity index is 660. The van der Waals surface area contributed by atoms with Crippen LogP contribution in [0, 0.1) is 6.92 Å². The molecule has 0 saturated carbocycles. The molecule has 0 bridgehead atoms. The molecule has 4 nitrogen and oxygen atoms in total. The molecule has 112 valence electrons. The van der Waals surface area contributed by atoms with E-state index in [4.69, 9.17) is 4.74 Å². The molecule has 2 N–H and O–H groups in total. The topological polar surface area (TPSA) is 50.4 Å². The average molecular weight is 304 g/mol. The molecule has 1 unspecified atom stereocenters. The molecule has 1 aliphatic rings. The van der Waals surface area contributed by atoms with Gasteiger partial charge in [0.15, 0.2) is 0 Å². The SMILES string of the molecule is COc1ccc2sc(C(=O)NC3CCCNC3)c(C)c2c1. The highest BCUT2D eigenvalue weighted by Crippen LogP contribution is 2.33. The van der Waals surface area contributed by atoms with Crippen LogP contribution < -0.4 is 15.4 Å². The second kappa shape index (κ2) is 6.03. The minimum Gasteiger partial charge on any atom is -0.497 e. The smallest absolute Gasteiger partial charge is 0.261 e. The molecule has 3 rings (SSSR count). The molecule has 5 heteroatoms. The zero-order chi connectivity index (χ0) is 14.8. The number of carbonyl (C=O) groups is 1. The van der Waals surface area contributed by atoms with Gasteiger partial charge in [0.05, 0.1) is 12.0 Å². The number of thiophene rings is 1. The maximum absolute atomic E-state index is 12.5. The lowest BCUT2D eigenvalue weighted by atomic mass is 10.1. The van der Waals surface area contributed by atoms with Gasteiger partial charge in [0.25, 0.3) is 5.91 Å². The highest BCUT2D eigenvalue weighted by atomic mass is 32.1. The van der Waals surface area contributed by atoms with Crippen LogP contribution in [0.2, 0.25) is 0 Å². The third kappa shape index (κ3) is 2.89. The van der Waals surface area contributed by atoms with E-state index in [1.807, 2.05) is 25.1 Å². The molecule has 0 radical (unpaired) electrons. The van der Waals surface area contributed by atoms with Crippen molar-refractivity contribution in [3.63, 3.8) is 0 Å². The molecule has 1 amide bonds.